The Morgan fingerprint density at radius 3 is 2.36 bits per heavy atom. The summed E-state index contributed by atoms with van der Waals surface area (Å²) in [7, 11) is 0. The molecule has 0 aliphatic rings. The Labute approximate surface area is 83.9 Å². The number of aliphatic hydroxyl groups is 1. The van der Waals surface area contributed by atoms with Crippen molar-refractivity contribution in [1.82, 2.24) is 0 Å². The number of Topliss-reactive ketones (excluding diaryl/α,β-unsaturated/α-hetero) is 1. The third kappa shape index (κ3) is 7.73. The molecule has 0 aromatic rings. The second-order valence-corrected chi connectivity index (χ2v) is 3.45. The topological polar surface area (TPSA) is 74.6 Å². The van der Waals surface area contributed by atoms with E-state index in [1.807, 2.05) is 6.92 Å². The first-order chi connectivity index (χ1) is 6.56. The van der Waals surface area contributed by atoms with Gasteiger partial charge in [0, 0.05) is 12.8 Å². The maximum Gasteiger partial charge on any atom is 0.305 e. The number of ketones is 1. The van der Waals surface area contributed by atoms with E-state index in [1.165, 1.54) is 0 Å². The molecule has 0 aliphatic carbocycles. The molecule has 0 amide bonds. The van der Waals surface area contributed by atoms with E-state index in [4.69, 9.17) is 10.2 Å². The van der Waals surface area contributed by atoms with Gasteiger partial charge in [-0.15, -0.1) is 0 Å². The molecule has 0 rings (SSSR count). The summed E-state index contributed by atoms with van der Waals surface area (Å²) in [6.07, 6.45) is 1.92. The van der Waals surface area contributed by atoms with Crippen molar-refractivity contribution < 1.29 is 19.8 Å². The van der Waals surface area contributed by atoms with E-state index in [0.29, 0.717) is 6.42 Å². The van der Waals surface area contributed by atoms with Crippen LogP contribution in [0.25, 0.3) is 0 Å². The van der Waals surface area contributed by atoms with Crippen molar-refractivity contribution in [2.75, 3.05) is 0 Å². The molecular formula is C10H18O4. The predicted octanol–water partition coefficient (Wildman–Crippen LogP) is 1.36. The smallest absolute Gasteiger partial charge is 0.305 e. The predicted molar refractivity (Wildman–Crippen MR) is 52.0 cm³/mol. The minimum absolute atomic E-state index is 0.0317. The summed E-state index contributed by atoms with van der Waals surface area (Å²) in [6.45, 7) is 2.05. The average molecular weight is 202 g/mol. The zero-order valence-electron chi connectivity index (χ0n) is 8.53. The molecule has 0 aromatic heterocycles. The summed E-state index contributed by atoms with van der Waals surface area (Å²) in [5.41, 5.74) is 0. The first kappa shape index (κ1) is 13.1. The molecule has 14 heavy (non-hydrogen) atoms. The summed E-state index contributed by atoms with van der Waals surface area (Å²) in [5, 5.41) is 17.5. The minimum Gasteiger partial charge on any atom is -0.481 e. The van der Waals surface area contributed by atoms with Gasteiger partial charge in [-0.05, 0) is 6.42 Å². The van der Waals surface area contributed by atoms with Gasteiger partial charge in [-0.25, -0.2) is 0 Å². The van der Waals surface area contributed by atoms with Gasteiger partial charge in [0.15, 0.2) is 0 Å². The molecule has 0 heterocycles. The van der Waals surface area contributed by atoms with E-state index in [2.05, 4.69) is 0 Å². The Bertz CT molecular complexity index is 189. The van der Waals surface area contributed by atoms with Crippen LogP contribution in [0.4, 0.5) is 0 Å². The molecule has 82 valence electrons. The van der Waals surface area contributed by atoms with Gasteiger partial charge < -0.3 is 10.2 Å². The summed E-state index contributed by atoms with van der Waals surface area (Å²) < 4.78 is 0. The van der Waals surface area contributed by atoms with Gasteiger partial charge in [0.1, 0.15) is 5.78 Å². The quantitative estimate of drug-likeness (QED) is 0.583. The van der Waals surface area contributed by atoms with E-state index in [-0.39, 0.29) is 18.6 Å². The number of unbranched alkanes of at least 4 members (excludes halogenated alkanes) is 2. The largest absolute Gasteiger partial charge is 0.481 e. The van der Waals surface area contributed by atoms with Crippen LogP contribution in [-0.4, -0.2) is 28.1 Å². The van der Waals surface area contributed by atoms with Crippen molar-refractivity contribution in [3.63, 3.8) is 0 Å². The maximum atomic E-state index is 11.2. The molecule has 0 aromatic carbocycles. The lowest BCUT2D eigenvalue weighted by molar-refractivity contribution is -0.139. The van der Waals surface area contributed by atoms with Crippen molar-refractivity contribution in [2.24, 2.45) is 0 Å². The third-order valence-corrected chi connectivity index (χ3v) is 1.93. The average Bonchev–Trinajstić information content (AvgIpc) is 2.02. The van der Waals surface area contributed by atoms with Gasteiger partial charge in [-0.1, -0.05) is 19.8 Å². The molecule has 0 radical (unpaired) electrons. The van der Waals surface area contributed by atoms with Crippen LogP contribution in [0, 0.1) is 0 Å². The number of carboxylic acid groups (broad SMARTS) is 1. The Kier molecular flexibility index (Phi) is 7.02. The lowest BCUT2D eigenvalue weighted by atomic mass is 10.1. The monoisotopic (exact) mass is 202 g/mol. The highest BCUT2D eigenvalue weighted by atomic mass is 16.4. The maximum absolute atomic E-state index is 11.2. The van der Waals surface area contributed by atoms with Crippen LogP contribution < -0.4 is 0 Å². The summed E-state index contributed by atoms with van der Waals surface area (Å²) in [4.78, 5) is 21.3. The zero-order chi connectivity index (χ0) is 11.0. The number of carbonyl (C=O) groups is 2. The molecule has 2 N–H and O–H groups in total. The molecule has 0 saturated heterocycles. The number of hydrogen-bond donors (Lipinski definition) is 2. The van der Waals surface area contributed by atoms with Crippen molar-refractivity contribution in [2.45, 2.75) is 51.6 Å². The number of rotatable bonds is 8. The first-order valence-electron chi connectivity index (χ1n) is 4.97. The fourth-order valence-electron chi connectivity index (χ4n) is 1.21. The van der Waals surface area contributed by atoms with Crippen molar-refractivity contribution >= 4 is 11.8 Å². The van der Waals surface area contributed by atoms with E-state index in [0.717, 1.165) is 19.3 Å². The van der Waals surface area contributed by atoms with Crippen LogP contribution in [0.5, 0.6) is 0 Å². The number of aliphatic hydroxyl groups excluding tert-OH is 1. The molecule has 0 bridgehead atoms. The second-order valence-electron chi connectivity index (χ2n) is 3.45. The normalized spacial score (nSPS) is 12.4. The molecule has 1 unspecified atom stereocenters. The van der Waals surface area contributed by atoms with Crippen LogP contribution in [0.2, 0.25) is 0 Å². The molecule has 0 aliphatic heterocycles. The molecule has 4 heteroatoms. The summed E-state index contributed by atoms with van der Waals surface area (Å²) in [5.74, 6) is -1.12. The van der Waals surface area contributed by atoms with Gasteiger partial charge in [0.05, 0.1) is 12.5 Å². The second kappa shape index (κ2) is 7.50. The highest BCUT2D eigenvalue weighted by Crippen LogP contribution is 2.05. The molecule has 1 atom stereocenters. The first-order valence-corrected chi connectivity index (χ1v) is 4.97. The van der Waals surface area contributed by atoms with Crippen molar-refractivity contribution in [1.29, 1.82) is 0 Å². The number of aliphatic carboxylic acids is 1. The molecule has 4 nitrogen and oxygen atoms in total. The SMILES string of the molecule is CCCCCC(=O)CC(O)CC(=O)O. The van der Waals surface area contributed by atoms with Gasteiger partial charge in [-0.2, -0.15) is 0 Å². The van der Waals surface area contributed by atoms with E-state index in [9.17, 15) is 9.59 Å². The third-order valence-electron chi connectivity index (χ3n) is 1.93. The van der Waals surface area contributed by atoms with Crippen LogP contribution in [0.15, 0.2) is 0 Å². The number of hydrogen-bond acceptors (Lipinski definition) is 3. The molecular weight excluding hydrogens is 184 g/mol. The van der Waals surface area contributed by atoms with Crippen LogP contribution in [-0.2, 0) is 9.59 Å². The van der Waals surface area contributed by atoms with Crippen molar-refractivity contribution in [3.05, 3.63) is 0 Å². The van der Waals surface area contributed by atoms with Crippen LogP contribution >= 0.6 is 0 Å². The Morgan fingerprint density at radius 2 is 1.86 bits per heavy atom. The van der Waals surface area contributed by atoms with Crippen LogP contribution in [0.1, 0.15) is 45.4 Å². The zero-order valence-corrected chi connectivity index (χ0v) is 8.53. The molecule has 0 saturated carbocycles. The number of carbonyl (C=O) groups excluding carboxylic acids is 1. The van der Waals surface area contributed by atoms with E-state index < -0.39 is 12.1 Å². The Morgan fingerprint density at radius 1 is 1.21 bits per heavy atom. The highest BCUT2D eigenvalue weighted by molar-refractivity contribution is 5.79. The fraction of sp³-hybridized carbons (Fsp3) is 0.800. The van der Waals surface area contributed by atoms with Crippen LogP contribution in [0.3, 0.4) is 0 Å². The van der Waals surface area contributed by atoms with E-state index >= 15 is 0 Å². The van der Waals surface area contributed by atoms with Gasteiger partial charge >= 0.3 is 5.97 Å². The highest BCUT2D eigenvalue weighted by Gasteiger charge is 2.13. The lowest BCUT2D eigenvalue weighted by Gasteiger charge is -2.06. The van der Waals surface area contributed by atoms with Gasteiger partial charge in [0.2, 0.25) is 0 Å². The van der Waals surface area contributed by atoms with E-state index in [1.54, 1.807) is 0 Å². The van der Waals surface area contributed by atoms with Gasteiger partial charge in [-0.3, -0.25) is 9.59 Å². The van der Waals surface area contributed by atoms with Gasteiger partial charge in [0.25, 0.3) is 0 Å². The minimum atomic E-state index is -1.07. The standard InChI is InChI=1S/C10H18O4/c1-2-3-4-5-8(11)6-9(12)7-10(13)14/h9,12H,2-7H2,1H3,(H,13,14). The summed E-state index contributed by atoms with van der Waals surface area (Å²) >= 11 is 0. The fourth-order valence-corrected chi connectivity index (χ4v) is 1.21. The van der Waals surface area contributed by atoms with Crippen molar-refractivity contribution in [3.8, 4) is 0 Å². The molecule has 0 fully saturated rings. The Balaban J connectivity index is 3.55. The number of carboxylic acids is 1. The Hall–Kier alpha value is -0.900. The molecule has 0 spiro atoms. The lowest BCUT2D eigenvalue weighted by Crippen LogP contribution is -2.17. The summed E-state index contributed by atoms with van der Waals surface area (Å²) in [6, 6.07) is 0.